The van der Waals surface area contributed by atoms with Crippen LogP contribution in [-0.2, 0) is 6.54 Å². The van der Waals surface area contributed by atoms with Crippen LogP contribution in [0.1, 0.15) is 19.4 Å². The van der Waals surface area contributed by atoms with Crippen molar-refractivity contribution in [2.75, 3.05) is 23.3 Å². The summed E-state index contributed by atoms with van der Waals surface area (Å²) in [6.07, 6.45) is -16.3. The van der Waals surface area contributed by atoms with Crippen LogP contribution in [0.5, 0.6) is 5.75 Å². The molecule has 2 N–H and O–H groups in total. The van der Waals surface area contributed by atoms with Crippen LogP contribution < -0.4 is 15.0 Å². The Morgan fingerprint density at radius 3 is 2.27 bits per heavy atom. The molecule has 0 aliphatic rings. The highest BCUT2D eigenvalue weighted by molar-refractivity contribution is 5.58. The van der Waals surface area contributed by atoms with E-state index in [1.165, 1.54) is 23.1 Å². The molecular formula is C22H25F7N2O2. The van der Waals surface area contributed by atoms with Crippen molar-refractivity contribution in [1.82, 2.24) is 0 Å². The quantitative estimate of drug-likeness (QED) is 0.391. The monoisotopic (exact) mass is 482 g/mol. The largest absolute Gasteiger partial charge is 0.461 e. The van der Waals surface area contributed by atoms with Gasteiger partial charge in [0.25, 0.3) is 0 Å². The van der Waals surface area contributed by atoms with E-state index in [-0.39, 0.29) is 12.1 Å². The zero-order valence-electron chi connectivity index (χ0n) is 17.9. The molecule has 0 aromatic heterocycles. The van der Waals surface area contributed by atoms with Gasteiger partial charge in [-0.05, 0) is 41.8 Å². The van der Waals surface area contributed by atoms with Crippen molar-refractivity contribution >= 4 is 11.4 Å². The summed E-state index contributed by atoms with van der Waals surface area (Å²) in [7, 11) is 0. The first-order valence-corrected chi connectivity index (χ1v) is 10.1. The third-order valence-corrected chi connectivity index (χ3v) is 4.48. The van der Waals surface area contributed by atoms with Gasteiger partial charge in [0.1, 0.15) is 5.75 Å². The predicted octanol–water partition coefficient (Wildman–Crippen LogP) is 5.92. The molecule has 0 fully saturated rings. The Hall–Kier alpha value is -2.69. The number of nitrogens with one attached hydrogen (secondary N) is 1. The lowest BCUT2D eigenvalue weighted by Gasteiger charge is -2.29. The summed E-state index contributed by atoms with van der Waals surface area (Å²) in [4.78, 5) is 1.21. The number of rotatable bonds is 11. The number of benzene rings is 2. The third kappa shape index (κ3) is 8.30. The lowest BCUT2D eigenvalue weighted by Crippen LogP contribution is -2.41. The van der Waals surface area contributed by atoms with Crippen molar-refractivity contribution in [3.8, 4) is 5.75 Å². The van der Waals surface area contributed by atoms with Crippen LogP contribution in [0.2, 0.25) is 0 Å². The normalized spacial score (nSPS) is 13.3. The Morgan fingerprint density at radius 2 is 1.67 bits per heavy atom. The highest BCUT2D eigenvalue weighted by Crippen LogP contribution is 2.30. The number of halogens is 7. The van der Waals surface area contributed by atoms with E-state index in [1.807, 2.05) is 13.8 Å². The fourth-order valence-corrected chi connectivity index (χ4v) is 2.84. The molecule has 0 bridgehead atoms. The molecule has 1 atom stereocenters. The Balaban J connectivity index is 2.30. The van der Waals surface area contributed by atoms with Crippen LogP contribution in [0.25, 0.3) is 0 Å². The highest BCUT2D eigenvalue weighted by atomic mass is 19.4. The molecule has 2 rings (SSSR count). The molecular weight excluding hydrogens is 457 g/mol. The van der Waals surface area contributed by atoms with Crippen molar-refractivity contribution in [2.24, 2.45) is 5.92 Å². The number of anilines is 2. The number of alkyl halides is 7. The van der Waals surface area contributed by atoms with Gasteiger partial charge in [0.15, 0.2) is 6.10 Å². The molecule has 1 unspecified atom stereocenters. The van der Waals surface area contributed by atoms with Gasteiger partial charge >= 0.3 is 18.7 Å². The van der Waals surface area contributed by atoms with E-state index >= 15 is 0 Å². The summed E-state index contributed by atoms with van der Waals surface area (Å²) in [5, 5.41) is 12.8. The molecule has 0 aliphatic heterocycles. The van der Waals surface area contributed by atoms with Gasteiger partial charge in [0.2, 0.25) is 0 Å². The lowest BCUT2D eigenvalue weighted by atomic mass is 10.1. The summed E-state index contributed by atoms with van der Waals surface area (Å²) < 4.78 is 94.4. The van der Waals surface area contributed by atoms with E-state index in [0.29, 0.717) is 23.8 Å². The number of nitrogens with zero attached hydrogens (tertiary/aromatic N) is 1. The zero-order chi connectivity index (χ0) is 24.8. The summed E-state index contributed by atoms with van der Waals surface area (Å²) >= 11 is 0. The van der Waals surface area contributed by atoms with Crippen LogP contribution >= 0.6 is 0 Å². The van der Waals surface area contributed by atoms with E-state index < -0.39 is 37.1 Å². The average molecular weight is 482 g/mol. The van der Waals surface area contributed by atoms with Gasteiger partial charge in [-0.2, -0.15) is 30.7 Å². The van der Waals surface area contributed by atoms with Crippen LogP contribution in [0.4, 0.5) is 42.1 Å². The SMILES string of the molecule is CC(C)CNc1cccc(N(Cc2cccc(OC(F)(F)C(F)F)c2)CC(O)C(F)(F)F)c1. The Labute approximate surface area is 187 Å². The standard InChI is InChI=1S/C22H25F7N2O2/c1-14(2)11-30-16-6-4-7-17(10-16)31(13-19(32)21(25,26)27)12-15-5-3-8-18(9-15)33-22(28,29)20(23)24/h3-10,14,19-20,30,32H,11-13H2,1-2H3. The fourth-order valence-electron chi connectivity index (χ4n) is 2.84. The van der Waals surface area contributed by atoms with Crippen LogP contribution in [-0.4, -0.2) is 43.0 Å². The Bertz CT molecular complexity index is 891. The number of aliphatic hydroxyl groups excluding tert-OH is 1. The molecule has 33 heavy (non-hydrogen) atoms. The van der Waals surface area contributed by atoms with Crippen LogP contribution in [0.15, 0.2) is 48.5 Å². The minimum atomic E-state index is -4.88. The minimum Gasteiger partial charge on any atom is -0.428 e. The molecule has 0 saturated heterocycles. The second-order valence-electron chi connectivity index (χ2n) is 7.87. The summed E-state index contributed by atoms with van der Waals surface area (Å²) in [6.45, 7) is 3.50. The first-order valence-electron chi connectivity index (χ1n) is 10.1. The summed E-state index contributed by atoms with van der Waals surface area (Å²) in [5.41, 5.74) is 1.19. The van der Waals surface area contributed by atoms with E-state index in [1.54, 1.807) is 18.2 Å². The van der Waals surface area contributed by atoms with E-state index in [4.69, 9.17) is 0 Å². The van der Waals surface area contributed by atoms with Crippen LogP contribution in [0.3, 0.4) is 0 Å². The van der Waals surface area contributed by atoms with Gasteiger partial charge in [0.05, 0.1) is 6.54 Å². The number of ether oxygens (including phenoxy) is 1. The van der Waals surface area contributed by atoms with Gasteiger partial charge in [-0.3, -0.25) is 0 Å². The second kappa shape index (κ2) is 11.0. The molecule has 2 aromatic carbocycles. The van der Waals surface area contributed by atoms with Crippen molar-refractivity contribution < 1.29 is 40.6 Å². The Morgan fingerprint density at radius 1 is 1.00 bits per heavy atom. The maximum Gasteiger partial charge on any atom is 0.461 e. The van der Waals surface area contributed by atoms with E-state index in [9.17, 15) is 35.8 Å². The molecule has 0 aliphatic carbocycles. The number of hydrogen-bond donors (Lipinski definition) is 2. The van der Waals surface area contributed by atoms with Gasteiger partial charge < -0.3 is 20.1 Å². The fraction of sp³-hybridized carbons (Fsp3) is 0.455. The highest BCUT2D eigenvalue weighted by Gasteiger charge is 2.44. The van der Waals surface area contributed by atoms with Crippen molar-refractivity contribution in [3.63, 3.8) is 0 Å². The lowest BCUT2D eigenvalue weighted by molar-refractivity contribution is -0.253. The van der Waals surface area contributed by atoms with Gasteiger partial charge in [-0.15, -0.1) is 0 Å². The Kier molecular flexibility index (Phi) is 8.82. The second-order valence-corrected chi connectivity index (χ2v) is 7.87. The molecule has 0 saturated carbocycles. The molecule has 0 radical (unpaired) electrons. The average Bonchev–Trinajstić information content (AvgIpc) is 2.71. The number of aliphatic hydroxyl groups is 1. The number of hydrogen-bond acceptors (Lipinski definition) is 4. The summed E-state index contributed by atoms with van der Waals surface area (Å²) in [5.74, 6) is -0.257. The van der Waals surface area contributed by atoms with Gasteiger partial charge in [-0.1, -0.05) is 32.0 Å². The van der Waals surface area contributed by atoms with Crippen molar-refractivity contribution in [2.45, 2.75) is 45.2 Å². The molecule has 11 heteroatoms. The first kappa shape index (κ1) is 26.6. The van der Waals surface area contributed by atoms with Gasteiger partial charge in [0, 0.05) is 24.5 Å². The molecule has 0 amide bonds. The van der Waals surface area contributed by atoms with Crippen LogP contribution in [0, 0.1) is 5.92 Å². The molecule has 2 aromatic rings. The molecule has 0 spiro atoms. The predicted molar refractivity (Wildman–Crippen MR) is 111 cm³/mol. The smallest absolute Gasteiger partial charge is 0.428 e. The maximum atomic E-state index is 13.2. The van der Waals surface area contributed by atoms with E-state index in [0.717, 1.165) is 12.1 Å². The molecule has 4 nitrogen and oxygen atoms in total. The molecule has 0 heterocycles. The maximum absolute atomic E-state index is 13.2. The zero-order valence-corrected chi connectivity index (χ0v) is 17.9. The van der Waals surface area contributed by atoms with Crippen molar-refractivity contribution in [1.29, 1.82) is 0 Å². The first-order chi connectivity index (χ1) is 15.3. The summed E-state index contributed by atoms with van der Waals surface area (Å²) in [6, 6.07) is 11.2. The minimum absolute atomic E-state index is 0.215. The topological polar surface area (TPSA) is 44.7 Å². The van der Waals surface area contributed by atoms with Gasteiger partial charge in [-0.25, -0.2) is 0 Å². The third-order valence-electron chi connectivity index (χ3n) is 4.48. The van der Waals surface area contributed by atoms with E-state index in [2.05, 4.69) is 10.1 Å². The molecule has 184 valence electrons. The van der Waals surface area contributed by atoms with Crippen molar-refractivity contribution in [3.05, 3.63) is 54.1 Å².